The van der Waals surface area contributed by atoms with Crippen molar-refractivity contribution in [2.75, 3.05) is 0 Å². The summed E-state index contributed by atoms with van der Waals surface area (Å²) in [6.07, 6.45) is 3.67. The molecular weight excluding hydrogens is 242 g/mol. The minimum Gasteiger partial charge on any atom is -0.320 e. The maximum atomic E-state index is 6.38. The van der Waals surface area contributed by atoms with E-state index in [1.54, 1.807) is 17.5 Å². The van der Waals surface area contributed by atoms with Gasteiger partial charge in [-0.25, -0.2) is 4.98 Å². The van der Waals surface area contributed by atoms with Gasteiger partial charge in [-0.2, -0.15) is 0 Å². The lowest BCUT2D eigenvalue weighted by Crippen LogP contribution is -2.12. The van der Waals surface area contributed by atoms with E-state index in [1.165, 1.54) is 0 Å². The third-order valence-electron chi connectivity index (χ3n) is 3.11. The zero-order chi connectivity index (χ0) is 12.5. The van der Waals surface area contributed by atoms with Crippen LogP contribution in [0.15, 0.2) is 42.2 Å². The normalized spacial score (nSPS) is 12.8. The molecule has 2 aromatic heterocycles. The molecule has 0 aliphatic carbocycles. The second-order valence-corrected chi connectivity index (χ2v) is 5.11. The molecule has 0 radical (unpaired) electrons. The molecule has 2 N–H and O–H groups in total. The van der Waals surface area contributed by atoms with E-state index in [2.05, 4.69) is 22.1 Å². The highest BCUT2D eigenvalue weighted by Gasteiger charge is 2.15. The van der Waals surface area contributed by atoms with E-state index in [9.17, 15) is 0 Å². The monoisotopic (exact) mass is 255 g/mol. The van der Waals surface area contributed by atoms with Crippen molar-refractivity contribution < 1.29 is 0 Å². The van der Waals surface area contributed by atoms with Gasteiger partial charge in [-0.1, -0.05) is 18.2 Å². The molecule has 0 spiro atoms. The Morgan fingerprint density at radius 3 is 2.94 bits per heavy atom. The predicted octanol–water partition coefficient (Wildman–Crippen LogP) is 3.05. The van der Waals surface area contributed by atoms with Gasteiger partial charge in [-0.3, -0.25) is 4.98 Å². The molecule has 1 aromatic carbocycles. The van der Waals surface area contributed by atoms with Crippen LogP contribution in [0.1, 0.15) is 22.2 Å². The Bertz CT molecular complexity index is 685. The zero-order valence-electron chi connectivity index (χ0n) is 10.00. The molecule has 0 aliphatic heterocycles. The summed E-state index contributed by atoms with van der Waals surface area (Å²) in [5.41, 5.74) is 10.4. The highest BCUT2D eigenvalue weighted by atomic mass is 32.1. The van der Waals surface area contributed by atoms with Crippen LogP contribution in [-0.2, 0) is 0 Å². The van der Waals surface area contributed by atoms with Crippen LogP contribution >= 0.6 is 11.3 Å². The van der Waals surface area contributed by atoms with Crippen molar-refractivity contribution in [3.05, 3.63) is 58.3 Å². The Morgan fingerprint density at radius 2 is 2.17 bits per heavy atom. The standard InChI is InChI=1S/C14H13N3S/c1-9-14(18-8-17-9)13(15)12-4-2-3-10-7-16-6-5-11(10)12/h2-8,13H,15H2,1H3. The summed E-state index contributed by atoms with van der Waals surface area (Å²) >= 11 is 1.61. The van der Waals surface area contributed by atoms with Gasteiger partial charge in [-0.05, 0) is 23.9 Å². The summed E-state index contributed by atoms with van der Waals surface area (Å²) in [5.74, 6) is 0. The van der Waals surface area contributed by atoms with Crippen LogP contribution in [0.4, 0.5) is 0 Å². The smallest absolute Gasteiger partial charge is 0.0798 e. The van der Waals surface area contributed by atoms with Crippen LogP contribution in [0.25, 0.3) is 10.8 Å². The van der Waals surface area contributed by atoms with Gasteiger partial charge in [-0.15, -0.1) is 11.3 Å². The van der Waals surface area contributed by atoms with Gasteiger partial charge in [0.1, 0.15) is 0 Å². The summed E-state index contributed by atoms with van der Waals surface area (Å²) in [6.45, 7) is 2.00. The van der Waals surface area contributed by atoms with E-state index in [0.29, 0.717) is 0 Å². The molecular formula is C14H13N3S. The van der Waals surface area contributed by atoms with Crippen LogP contribution in [0.3, 0.4) is 0 Å². The second kappa shape index (κ2) is 4.48. The van der Waals surface area contributed by atoms with E-state index in [-0.39, 0.29) is 6.04 Å². The van der Waals surface area contributed by atoms with Crippen molar-refractivity contribution in [1.82, 2.24) is 9.97 Å². The highest BCUT2D eigenvalue weighted by Crippen LogP contribution is 2.30. The van der Waals surface area contributed by atoms with Crippen molar-refractivity contribution in [3.63, 3.8) is 0 Å². The van der Waals surface area contributed by atoms with Gasteiger partial charge in [0.05, 0.1) is 17.2 Å². The molecule has 3 aromatic rings. The minimum absolute atomic E-state index is 0.122. The number of nitrogens with two attached hydrogens (primary N) is 1. The van der Waals surface area contributed by atoms with E-state index in [4.69, 9.17) is 5.73 Å². The molecule has 2 heterocycles. The summed E-state index contributed by atoms with van der Waals surface area (Å²) in [7, 11) is 0. The van der Waals surface area contributed by atoms with E-state index < -0.39 is 0 Å². The van der Waals surface area contributed by atoms with Gasteiger partial charge in [0.15, 0.2) is 0 Å². The molecule has 1 atom stereocenters. The number of hydrogen-bond donors (Lipinski definition) is 1. The molecule has 1 unspecified atom stereocenters. The van der Waals surface area contributed by atoms with Gasteiger partial charge >= 0.3 is 0 Å². The third-order valence-corrected chi connectivity index (χ3v) is 4.13. The fourth-order valence-corrected chi connectivity index (χ4v) is 2.99. The molecule has 3 nitrogen and oxygen atoms in total. The maximum Gasteiger partial charge on any atom is 0.0798 e. The second-order valence-electron chi connectivity index (χ2n) is 4.22. The fraction of sp³-hybridized carbons (Fsp3) is 0.143. The Kier molecular flexibility index (Phi) is 2.81. The first-order chi connectivity index (χ1) is 8.77. The lowest BCUT2D eigenvalue weighted by Gasteiger charge is -2.13. The Labute approximate surface area is 109 Å². The number of nitrogens with zero attached hydrogens (tertiary/aromatic N) is 2. The van der Waals surface area contributed by atoms with E-state index in [0.717, 1.165) is 26.9 Å². The van der Waals surface area contributed by atoms with Crippen molar-refractivity contribution in [2.45, 2.75) is 13.0 Å². The molecule has 0 amide bonds. The van der Waals surface area contributed by atoms with Crippen molar-refractivity contribution in [2.24, 2.45) is 5.73 Å². The van der Waals surface area contributed by atoms with E-state index in [1.807, 2.05) is 30.8 Å². The average Bonchev–Trinajstić information content (AvgIpc) is 2.83. The van der Waals surface area contributed by atoms with Crippen LogP contribution in [0, 0.1) is 6.92 Å². The minimum atomic E-state index is -0.122. The number of hydrogen-bond acceptors (Lipinski definition) is 4. The number of thiazole rings is 1. The molecule has 0 fully saturated rings. The van der Waals surface area contributed by atoms with Gasteiger partial charge in [0, 0.05) is 22.7 Å². The van der Waals surface area contributed by atoms with Gasteiger partial charge in [0.2, 0.25) is 0 Å². The maximum absolute atomic E-state index is 6.38. The summed E-state index contributed by atoms with van der Waals surface area (Å²) < 4.78 is 0. The Hall–Kier alpha value is -1.78. The lowest BCUT2D eigenvalue weighted by atomic mass is 9.99. The summed E-state index contributed by atoms with van der Waals surface area (Å²) in [5, 5.41) is 2.28. The quantitative estimate of drug-likeness (QED) is 0.765. The summed E-state index contributed by atoms with van der Waals surface area (Å²) in [6, 6.07) is 8.05. The van der Waals surface area contributed by atoms with Crippen LogP contribution in [-0.4, -0.2) is 9.97 Å². The fourth-order valence-electron chi connectivity index (χ4n) is 2.17. The van der Waals surface area contributed by atoms with Crippen molar-refractivity contribution >= 4 is 22.1 Å². The number of aromatic nitrogens is 2. The molecule has 4 heteroatoms. The zero-order valence-corrected chi connectivity index (χ0v) is 10.8. The van der Waals surface area contributed by atoms with E-state index >= 15 is 0 Å². The topological polar surface area (TPSA) is 51.8 Å². The molecule has 0 saturated heterocycles. The van der Waals surface area contributed by atoms with Crippen molar-refractivity contribution in [3.8, 4) is 0 Å². The molecule has 0 aliphatic rings. The molecule has 90 valence electrons. The number of pyridine rings is 1. The largest absolute Gasteiger partial charge is 0.320 e. The summed E-state index contributed by atoms with van der Waals surface area (Å²) in [4.78, 5) is 9.54. The van der Waals surface area contributed by atoms with Gasteiger partial charge in [0.25, 0.3) is 0 Å². The first kappa shape index (κ1) is 11.3. The molecule has 0 bridgehead atoms. The molecule has 18 heavy (non-hydrogen) atoms. The average molecular weight is 255 g/mol. The molecule has 0 saturated carbocycles. The first-order valence-corrected chi connectivity index (χ1v) is 6.63. The molecule has 3 rings (SSSR count). The number of rotatable bonds is 2. The van der Waals surface area contributed by atoms with Crippen LogP contribution in [0.5, 0.6) is 0 Å². The Balaban J connectivity index is 2.18. The first-order valence-electron chi connectivity index (χ1n) is 5.75. The van der Waals surface area contributed by atoms with Crippen LogP contribution in [0.2, 0.25) is 0 Å². The Morgan fingerprint density at radius 1 is 1.28 bits per heavy atom. The van der Waals surface area contributed by atoms with Crippen LogP contribution < -0.4 is 5.73 Å². The number of fused-ring (bicyclic) bond motifs is 1. The predicted molar refractivity (Wildman–Crippen MR) is 74.6 cm³/mol. The van der Waals surface area contributed by atoms with Gasteiger partial charge < -0.3 is 5.73 Å². The lowest BCUT2D eigenvalue weighted by molar-refractivity contribution is 0.886. The SMILES string of the molecule is Cc1ncsc1C(N)c1cccc2cnccc12. The van der Waals surface area contributed by atoms with Crippen molar-refractivity contribution in [1.29, 1.82) is 0 Å². The highest BCUT2D eigenvalue weighted by molar-refractivity contribution is 7.09. The third kappa shape index (κ3) is 1.79. The number of aryl methyl sites for hydroxylation is 1. The number of benzene rings is 1.